The molecular weight excluding hydrogens is 316 g/mol. The maximum absolute atomic E-state index is 12.6. The van der Waals surface area contributed by atoms with Gasteiger partial charge in [-0.2, -0.15) is 5.06 Å². The van der Waals surface area contributed by atoms with Crippen molar-refractivity contribution in [1.29, 1.82) is 0 Å². The summed E-state index contributed by atoms with van der Waals surface area (Å²) in [5.41, 5.74) is 1.43. The Morgan fingerprint density at radius 3 is 2.28 bits per heavy atom. The average Bonchev–Trinajstić information content (AvgIpc) is 2.84. The number of amidine groups is 1. The van der Waals surface area contributed by atoms with Crippen LogP contribution in [-0.2, 0) is 0 Å². The Bertz CT molecular complexity index is 967. The molecule has 4 rings (SSSR count). The van der Waals surface area contributed by atoms with Crippen LogP contribution in [0.25, 0.3) is 0 Å². The molecule has 0 fully saturated rings. The van der Waals surface area contributed by atoms with Crippen LogP contribution in [0.2, 0.25) is 0 Å². The predicted octanol–water partition coefficient (Wildman–Crippen LogP) is 4.40. The minimum absolute atomic E-state index is 0.120. The summed E-state index contributed by atoms with van der Waals surface area (Å²) >= 11 is 0. The molecule has 1 N–H and O–H groups in total. The third-order valence-electron chi connectivity index (χ3n) is 3.85. The minimum Gasteiger partial charge on any atom is -0.454 e. The molecule has 0 atom stereocenters. The number of hydrogen-bond acceptors (Lipinski definition) is 4. The van der Waals surface area contributed by atoms with Crippen molar-refractivity contribution in [2.24, 2.45) is 4.99 Å². The fraction of sp³-hybridized carbons (Fsp3) is 0. The van der Waals surface area contributed by atoms with Crippen molar-refractivity contribution in [3.63, 3.8) is 0 Å². The summed E-state index contributed by atoms with van der Waals surface area (Å²) in [5.74, 6) is 0.638. The summed E-state index contributed by atoms with van der Waals surface area (Å²) in [4.78, 5) is 17.1. The molecule has 0 radical (unpaired) electrons. The van der Waals surface area contributed by atoms with E-state index in [-0.39, 0.29) is 5.84 Å². The van der Waals surface area contributed by atoms with Crippen LogP contribution >= 0.6 is 0 Å². The molecule has 0 saturated heterocycles. The highest BCUT2D eigenvalue weighted by Gasteiger charge is 2.26. The first-order valence-electron chi connectivity index (χ1n) is 7.77. The number of carbonyl (C=O) groups excluding carboxylic acids is 1. The van der Waals surface area contributed by atoms with Gasteiger partial charge in [-0.25, -0.2) is 4.99 Å². The Balaban J connectivity index is 1.84. The molecule has 3 aromatic carbocycles. The van der Waals surface area contributed by atoms with Crippen molar-refractivity contribution in [2.45, 2.75) is 0 Å². The van der Waals surface area contributed by atoms with Gasteiger partial charge in [0, 0.05) is 5.56 Å². The van der Waals surface area contributed by atoms with E-state index >= 15 is 0 Å². The molecular formula is C20H14N2O3. The molecule has 1 aliphatic rings. The third-order valence-corrected chi connectivity index (χ3v) is 3.85. The van der Waals surface area contributed by atoms with Crippen molar-refractivity contribution in [2.75, 3.05) is 0 Å². The number of amides is 1. The topological polar surface area (TPSA) is 62.1 Å². The standard InChI is InChI=1S/C20H14N2O3/c23-20(14-8-2-1-3-9-14)22(24)19-15-10-4-6-12-17(15)25-18-13-7-5-11-16(18)21-19/h1-13,24H. The molecule has 5 heteroatoms. The average molecular weight is 330 g/mol. The molecule has 0 saturated carbocycles. The number of ether oxygens (including phenoxy) is 1. The van der Waals surface area contributed by atoms with Gasteiger partial charge in [0.25, 0.3) is 5.91 Å². The fourth-order valence-electron chi connectivity index (χ4n) is 2.63. The molecule has 1 heterocycles. The summed E-state index contributed by atoms with van der Waals surface area (Å²) in [6.45, 7) is 0. The van der Waals surface area contributed by atoms with Gasteiger partial charge in [-0.3, -0.25) is 10.0 Å². The maximum atomic E-state index is 12.6. The van der Waals surface area contributed by atoms with Crippen LogP contribution in [-0.4, -0.2) is 22.0 Å². The van der Waals surface area contributed by atoms with Gasteiger partial charge in [0.1, 0.15) is 11.4 Å². The lowest BCUT2D eigenvalue weighted by Crippen LogP contribution is -2.34. The second-order valence-corrected chi connectivity index (χ2v) is 5.48. The fourth-order valence-corrected chi connectivity index (χ4v) is 2.63. The smallest absolute Gasteiger partial charge is 0.283 e. The van der Waals surface area contributed by atoms with Gasteiger partial charge in [-0.05, 0) is 36.4 Å². The van der Waals surface area contributed by atoms with Gasteiger partial charge in [0.15, 0.2) is 11.6 Å². The number of rotatable bonds is 1. The number of hydrogen-bond donors (Lipinski definition) is 1. The Hall–Kier alpha value is -3.44. The summed E-state index contributed by atoms with van der Waals surface area (Å²) in [6.07, 6.45) is 0. The number of benzene rings is 3. The van der Waals surface area contributed by atoms with Crippen LogP contribution in [0.5, 0.6) is 11.5 Å². The number of carbonyl (C=O) groups is 1. The summed E-state index contributed by atoms with van der Waals surface area (Å²) in [5, 5.41) is 11.2. The van der Waals surface area contributed by atoms with Crippen LogP contribution in [0.4, 0.5) is 5.69 Å². The zero-order valence-corrected chi connectivity index (χ0v) is 13.2. The van der Waals surface area contributed by atoms with Gasteiger partial charge in [-0.15, -0.1) is 0 Å². The Morgan fingerprint density at radius 1 is 0.840 bits per heavy atom. The van der Waals surface area contributed by atoms with E-state index in [4.69, 9.17) is 4.74 Å². The molecule has 0 aromatic heterocycles. The predicted molar refractivity (Wildman–Crippen MR) is 93.6 cm³/mol. The Labute approximate surface area is 144 Å². The molecule has 1 amide bonds. The zero-order valence-electron chi connectivity index (χ0n) is 13.2. The third kappa shape index (κ3) is 2.77. The van der Waals surface area contributed by atoms with E-state index in [9.17, 15) is 10.0 Å². The quantitative estimate of drug-likeness (QED) is 0.531. The SMILES string of the molecule is O=C(c1ccccc1)N(O)C1=Nc2ccccc2Oc2ccccc21. The van der Waals surface area contributed by atoms with E-state index in [1.807, 2.05) is 18.2 Å². The van der Waals surface area contributed by atoms with Gasteiger partial charge >= 0.3 is 0 Å². The van der Waals surface area contributed by atoms with Crippen LogP contribution < -0.4 is 4.74 Å². The molecule has 122 valence electrons. The van der Waals surface area contributed by atoms with E-state index in [0.717, 1.165) is 0 Å². The largest absolute Gasteiger partial charge is 0.454 e. The molecule has 3 aromatic rings. The summed E-state index contributed by atoms with van der Waals surface area (Å²) in [7, 11) is 0. The van der Waals surface area contributed by atoms with Crippen molar-refractivity contribution in [1.82, 2.24) is 5.06 Å². The monoisotopic (exact) mass is 330 g/mol. The minimum atomic E-state index is -0.562. The molecule has 0 spiro atoms. The van der Waals surface area contributed by atoms with E-state index < -0.39 is 5.91 Å². The van der Waals surface area contributed by atoms with Gasteiger partial charge in [-0.1, -0.05) is 42.5 Å². The van der Waals surface area contributed by atoms with Gasteiger partial charge in [0.05, 0.1) is 5.56 Å². The van der Waals surface area contributed by atoms with Crippen LogP contribution in [0.15, 0.2) is 83.9 Å². The first kappa shape index (κ1) is 15.1. The lowest BCUT2D eigenvalue weighted by atomic mass is 10.1. The van der Waals surface area contributed by atoms with Crippen molar-refractivity contribution in [3.8, 4) is 11.5 Å². The van der Waals surface area contributed by atoms with Crippen LogP contribution in [0.3, 0.4) is 0 Å². The Morgan fingerprint density at radius 2 is 1.48 bits per heavy atom. The molecule has 0 aliphatic carbocycles. The van der Waals surface area contributed by atoms with E-state index in [2.05, 4.69) is 4.99 Å². The molecule has 25 heavy (non-hydrogen) atoms. The lowest BCUT2D eigenvalue weighted by Gasteiger charge is -2.17. The number of fused-ring (bicyclic) bond motifs is 2. The van der Waals surface area contributed by atoms with Crippen molar-refractivity contribution in [3.05, 3.63) is 90.0 Å². The van der Waals surface area contributed by atoms with Crippen molar-refractivity contribution >= 4 is 17.4 Å². The number of nitrogens with zero attached hydrogens (tertiary/aromatic N) is 2. The first-order chi connectivity index (χ1) is 12.2. The lowest BCUT2D eigenvalue weighted by molar-refractivity contribution is -0.00249. The highest BCUT2D eigenvalue weighted by molar-refractivity contribution is 6.13. The van der Waals surface area contributed by atoms with Crippen LogP contribution in [0, 0.1) is 0 Å². The van der Waals surface area contributed by atoms with Crippen molar-refractivity contribution < 1.29 is 14.7 Å². The maximum Gasteiger partial charge on any atom is 0.283 e. The number of para-hydroxylation sites is 3. The number of aliphatic imine (C=N–C) groups is 1. The van der Waals surface area contributed by atoms with E-state index in [1.165, 1.54) is 0 Å². The molecule has 0 bridgehead atoms. The molecule has 0 unspecified atom stereocenters. The zero-order chi connectivity index (χ0) is 17.2. The van der Waals surface area contributed by atoms with Crippen LogP contribution in [0.1, 0.15) is 15.9 Å². The van der Waals surface area contributed by atoms with E-state index in [1.54, 1.807) is 60.7 Å². The highest BCUT2D eigenvalue weighted by Crippen LogP contribution is 2.37. The summed E-state index contributed by atoms with van der Waals surface area (Å²) in [6, 6.07) is 22.9. The van der Waals surface area contributed by atoms with Gasteiger partial charge in [0.2, 0.25) is 0 Å². The molecule has 1 aliphatic heterocycles. The van der Waals surface area contributed by atoms with E-state index in [0.29, 0.717) is 33.4 Å². The Kier molecular flexibility index (Phi) is 3.76. The first-order valence-corrected chi connectivity index (χ1v) is 7.77. The summed E-state index contributed by atoms with van der Waals surface area (Å²) < 4.78 is 5.90. The highest BCUT2D eigenvalue weighted by atomic mass is 16.5. The second-order valence-electron chi connectivity index (χ2n) is 5.48. The molecule has 5 nitrogen and oxygen atoms in total. The van der Waals surface area contributed by atoms with Gasteiger partial charge < -0.3 is 4.74 Å². The normalized spacial score (nSPS) is 12.1. The second kappa shape index (κ2) is 6.22. The number of hydroxylamine groups is 2.